The van der Waals surface area contributed by atoms with Crippen molar-refractivity contribution in [1.82, 2.24) is 0 Å². The molecule has 0 saturated heterocycles. The first kappa shape index (κ1) is 12.3. The van der Waals surface area contributed by atoms with Gasteiger partial charge in [-0.25, -0.2) is 4.39 Å². The van der Waals surface area contributed by atoms with Crippen LogP contribution in [0, 0.1) is 5.82 Å². The minimum absolute atomic E-state index is 0.235. The molecule has 0 bridgehead atoms. The molecule has 0 aromatic heterocycles. The number of ether oxygens (including phenoxy) is 2. The minimum atomic E-state index is -1.24. The number of benzene rings is 1. The zero-order valence-electron chi connectivity index (χ0n) is 8.60. The molecule has 5 heteroatoms. The van der Waals surface area contributed by atoms with Crippen molar-refractivity contribution >= 4 is 10.8 Å². The minimum Gasteiger partial charge on any atom is -0.355 e. The first-order valence-electron chi connectivity index (χ1n) is 4.37. The highest BCUT2D eigenvalue weighted by atomic mass is 32.2. The van der Waals surface area contributed by atoms with Gasteiger partial charge in [0.15, 0.2) is 6.29 Å². The van der Waals surface area contributed by atoms with Gasteiger partial charge in [-0.3, -0.25) is 4.21 Å². The molecule has 0 saturated carbocycles. The molecular weight excluding hydrogens is 219 g/mol. The molecule has 0 N–H and O–H groups in total. The fraction of sp³-hybridized carbons (Fsp3) is 0.400. The third-order valence-electron chi connectivity index (χ3n) is 1.89. The Hall–Kier alpha value is -0.780. The van der Waals surface area contributed by atoms with Gasteiger partial charge in [-0.2, -0.15) is 0 Å². The van der Waals surface area contributed by atoms with Gasteiger partial charge in [0.05, 0.1) is 16.6 Å². The highest BCUT2D eigenvalue weighted by molar-refractivity contribution is 7.85. The molecule has 1 rings (SSSR count). The average molecular weight is 232 g/mol. The molecule has 1 atom stereocenters. The summed E-state index contributed by atoms with van der Waals surface area (Å²) in [5.74, 6) is -0.107. The molecule has 1 aromatic rings. The summed E-state index contributed by atoms with van der Waals surface area (Å²) >= 11 is 0. The summed E-state index contributed by atoms with van der Waals surface area (Å²) in [6.45, 7) is 0. The summed E-state index contributed by atoms with van der Waals surface area (Å²) in [7, 11) is 1.73. The molecule has 0 aliphatic rings. The molecule has 84 valence electrons. The Kier molecular flexibility index (Phi) is 4.87. The summed E-state index contributed by atoms with van der Waals surface area (Å²) in [4.78, 5) is 0.565. The van der Waals surface area contributed by atoms with Gasteiger partial charge in [-0.05, 0) is 24.3 Å². The monoisotopic (exact) mass is 232 g/mol. The average Bonchev–Trinajstić information content (AvgIpc) is 2.26. The molecule has 0 spiro atoms. The second-order valence-electron chi connectivity index (χ2n) is 2.87. The fourth-order valence-electron chi connectivity index (χ4n) is 1.04. The lowest BCUT2D eigenvalue weighted by Gasteiger charge is -2.12. The Bertz CT molecular complexity index is 322. The van der Waals surface area contributed by atoms with Gasteiger partial charge in [0.2, 0.25) is 0 Å². The predicted octanol–water partition coefficient (Wildman–Crippen LogP) is 1.55. The lowest BCUT2D eigenvalue weighted by atomic mass is 10.4. The molecule has 3 nitrogen and oxygen atoms in total. The van der Waals surface area contributed by atoms with Crippen LogP contribution in [-0.4, -0.2) is 30.5 Å². The molecule has 15 heavy (non-hydrogen) atoms. The van der Waals surface area contributed by atoms with Crippen molar-refractivity contribution in [3.8, 4) is 0 Å². The van der Waals surface area contributed by atoms with E-state index in [1.807, 2.05) is 0 Å². The quantitative estimate of drug-likeness (QED) is 0.723. The van der Waals surface area contributed by atoms with Gasteiger partial charge in [-0.15, -0.1) is 0 Å². The van der Waals surface area contributed by atoms with Crippen LogP contribution in [0.2, 0.25) is 0 Å². The normalized spacial score (nSPS) is 13.1. The van der Waals surface area contributed by atoms with Crippen molar-refractivity contribution in [3.63, 3.8) is 0 Å². The second-order valence-corrected chi connectivity index (χ2v) is 4.36. The van der Waals surface area contributed by atoms with Crippen molar-refractivity contribution in [2.24, 2.45) is 0 Å². The van der Waals surface area contributed by atoms with E-state index in [1.54, 1.807) is 0 Å². The van der Waals surface area contributed by atoms with E-state index in [0.717, 1.165) is 0 Å². The standard InChI is InChI=1S/C10H13FO3S/c1-13-10(14-2)7-15(12)9-5-3-8(11)4-6-9/h3-6,10H,7H2,1-2H3. The summed E-state index contributed by atoms with van der Waals surface area (Å²) in [5, 5.41) is 0. The topological polar surface area (TPSA) is 35.5 Å². The van der Waals surface area contributed by atoms with Gasteiger partial charge >= 0.3 is 0 Å². The molecule has 0 amide bonds. The Balaban J connectivity index is 2.64. The van der Waals surface area contributed by atoms with Gasteiger partial charge in [0.1, 0.15) is 5.82 Å². The van der Waals surface area contributed by atoms with E-state index in [-0.39, 0.29) is 11.6 Å². The molecule has 0 aliphatic heterocycles. The first-order chi connectivity index (χ1) is 7.17. The number of hydrogen-bond acceptors (Lipinski definition) is 3. The highest BCUT2D eigenvalue weighted by Crippen LogP contribution is 2.09. The molecule has 0 aliphatic carbocycles. The number of hydrogen-bond donors (Lipinski definition) is 0. The lowest BCUT2D eigenvalue weighted by molar-refractivity contribution is -0.0847. The van der Waals surface area contributed by atoms with E-state index in [4.69, 9.17) is 9.47 Å². The van der Waals surface area contributed by atoms with Crippen LogP contribution < -0.4 is 0 Å². The van der Waals surface area contributed by atoms with E-state index >= 15 is 0 Å². The summed E-state index contributed by atoms with van der Waals surface area (Å²) in [6.07, 6.45) is -0.504. The van der Waals surface area contributed by atoms with Crippen LogP contribution in [0.1, 0.15) is 0 Å². The van der Waals surface area contributed by atoms with Crippen LogP contribution in [0.3, 0.4) is 0 Å². The van der Waals surface area contributed by atoms with Crippen LogP contribution >= 0.6 is 0 Å². The highest BCUT2D eigenvalue weighted by Gasteiger charge is 2.12. The molecule has 0 heterocycles. The van der Waals surface area contributed by atoms with Gasteiger partial charge < -0.3 is 9.47 Å². The van der Waals surface area contributed by atoms with Crippen molar-refractivity contribution < 1.29 is 18.1 Å². The van der Waals surface area contributed by atoms with Crippen LogP contribution in [0.4, 0.5) is 4.39 Å². The maximum absolute atomic E-state index is 12.6. The van der Waals surface area contributed by atoms with Crippen molar-refractivity contribution in [3.05, 3.63) is 30.1 Å². The molecule has 1 unspecified atom stereocenters. The van der Waals surface area contributed by atoms with E-state index in [0.29, 0.717) is 4.90 Å². The zero-order chi connectivity index (χ0) is 11.3. The SMILES string of the molecule is COC(CS(=O)c1ccc(F)cc1)OC. The summed E-state index contributed by atoms with van der Waals surface area (Å²) in [6, 6.07) is 5.55. The smallest absolute Gasteiger partial charge is 0.168 e. The summed E-state index contributed by atoms with van der Waals surface area (Å²) in [5.41, 5.74) is 0. The number of methoxy groups -OCH3 is 2. The third kappa shape index (κ3) is 3.70. The van der Waals surface area contributed by atoms with Crippen molar-refractivity contribution in [2.75, 3.05) is 20.0 Å². The van der Waals surface area contributed by atoms with E-state index in [2.05, 4.69) is 0 Å². The lowest BCUT2D eigenvalue weighted by Crippen LogP contribution is -2.21. The van der Waals surface area contributed by atoms with Gasteiger partial charge in [-0.1, -0.05) is 0 Å². The predicted molar refractivity (Wildman–Crippen MR) is 55.5 cm³/mol. The second kappa shape index (κ2) is 5.95. The molecule has 0 radical (unpaired) electrons. The van der Waals surface area contributed by atoms with Crippen molar-refractivity contribution in [1.29, 1.82) is 0 Å². The Morgan fingerprint density at radius 2 is 1.80 bits per heavy atom. The van der Waals surface area contributed by atoms with Gasteiger partial charge in [0, 0.05) is 19.1 Å². The van der Waals surface area contributed by atoms with Crippen LogP contribution in [-0.2, 0) is 20.3 Å². The van der Waals surface area contributed by atoms with E-state index in [1.165, 1.54) is 38.5 Å². The van der Waals surface area contributed by atoms with Crippen LogP contribution in [0.5, 0.6) is 0 Å². The third-order valence-corrected chi connectivity index (χ3v) is 3.26. The molecular formula is C10H13FO3S. The van der Waals surface area contributed by atoms with Gasteiger partial charge in [0.25, 0.3) is 0 Å². The first-order valence-corrected chi connectivity index (χ1v) is 5.68. The Morgan fingerprint density at radius 1 is 1.27 bits per heavy atom. The summed E-state index contributed by atoms with van der Waals surface area (Å²) < 4.78 is 34.2. The van der Waals surface area contributed by atoms with E-state index < -0.39 is 17.1 Å². The van der Waals surface area contributed by atoms with E-state index in [9.17, 15) is 8.60 Å². The van der Waals surface area contributed by atoms with Crippen molar-refractivity contribution in [2.45, 2.75) is 11.2 Å². The zero-order valence-corrected chi connectivity index (χ0v) is 9.42. The maximum atomic E-state index is 12.6. The molecule has 1 aromatic carbocycles. The number of halogens is 1. The Morgan fingerprint density at radius 3 is 2.27 bits per heavy atom. The largest absolute Gasteiger partial charge is 0.355 e. The maximum Gasteiger partial charge on any atom is 0.168 e. The Labute approximate surface area is 90.7 Å². The van der Waals surface area contributed by atoms with Crippen LogP contribution in [0.25, 0.3) is 0 Å². The fourth-order valence-corrected chi connectivity index (χ4v) is 2.19. The van der Waals surface area contributed by atoms with Crippen LogP contribution in [0.15, 0.2) is 29.2 Å². The molecule has 0 fully saturated rings. The number of rotatable bonds is 5.